The van der Waals surface area contributed by atoms with Gasteiger partial charge in [-0.2, -0.15) is 0 Å². The number of nitro groups is 1. The first-order valence-electron chi connectivity index (χ1n) is 13.9. The van der Waals surface area contributed by atoms with Gasteiger partial charge in [0.05, 0.1) is 23.0 Å². The van der Waals surface area contributed by atoms with Gasteiger partial charge in [0.2, 0.25) is 6.41 Å². The second-order valence-electron chi connectivity index (χ2n) is 10.8. The lowest BCUT2D eigenvalue weighted by molar-refractivity contribution is -0.594. The topological polar surface area (TPSA) is 132 Å². The van der Waals surface area contributed by atoms with Gasteiger partial charge in [-0.15, -0.1) is 0 Å². The Morgan fingerprint density at radius 1 is 1.14 bits per heavy atom. The van der Waals surface area contributed by atoms with Crippen molar-refractivity contribution in [2.75, 3.05) is 33.3 Å². The fraction of sp³-hybridized carbons (Fsp3) is 0.419. The van der Waals surface area contributed by atoms with Crippen molar-refractivity contribution < 1.29 is 28.8 Å². The fourth-order valence-corrected chi connectivity index (χ4v) is 6.05. The molecular weight excluding hydrogens is 540 g/mol. The van der Waals surface area contributed by atoms with Gasteiger partial charge < -0.3 is 19.3 Å². The van der Waals surface area contributed by atoms with Gasteiger partial charge in [-0.05, 0) is 82.4 Å². The third-order valence-electron chi connectivity index (χ3n) is 8.05. The molecule has 2 heterocycles. The minimum atomic E-state index is -2.36. The number of methoxy groups -OCH3 is 1. The SMILES string of the molecule is COC(=O)C1(c2ccccc2)CCN(CCCN(C=O)C2=C(C)CC(C)=CC2(OC(=O)c2cccnc2)[N+](=O)[O-])CC1. The van der Waals surface area contributed by atoms with E-state index in [0.29, 0.717) is 62.9 Å². The maximum Gasteiger partial charge on any atom is 0.427 e. The smallest absolute Gasteiger partial charge is 0.427 e. The van der Waals surface area contributed by atoms with E-state index in [2.05, 4.69) is 9.88 Å². The first-order valence-corrected chi connectivity index (χ1v) is 13.9. The van der Waals surface area contributed by atoms with Crippen LogP contribution >= 0.6 is 0 Å². The average molecular weight is 577 g/mol. The molecule has 1 saturated heterocycles. The van der Waals surface area contributed by atoms with E-state index >= 15 is 0 Å². The maximum absolute atomic E-state index is 13.0. The highest BCUT2D eigenvalue weighted by Gasteiger charge is 2.54. The van der Waals surface area contributed by atoms with Crippen LogP contribution in [0.4, 0.5) is 0 Å². The summed E-state index contributed by atoms with van der Waals surface area (Å²) in [5.74, 6) is -1.16. The van der Waals surface area contributed by atoms with Gasteiger partial charge in [-0.25, -0.2) is 4.79 Å². The quantitative estimate of drug-likeness (QED) is 0.0976. The molecule has 0 saturated carbocycles. The number of nitrogens with zero attached hydrogens (tertiary/aromatic N) is 4. The van der Waals surface area contributed by atoms with Gasteiger partial charge >= 0.3 is 17.7 Å². The number of carbonyl (C=O) groups is 3. The third kappa shape index (κ3) is 6.11. The molecule has 1 amide bonds. The predicted octanol–water partition coefficient (Wildman–Crippen LogP) is 3.89. The summed E-state index contributed by atoms with van der Waals surface area (Å²) in [6, 6.07) is 12.6. The number of esters is 2. The van der Waals surface area contributed by atoms with Crippen LogP contribution in [-0.4, -0.2) is 77.1 Å². The van der Waals surface area contributed by atoms with E-state index in [1.807, 2.05) is 30.3 Å². The summed E-state index contributed by atoms with van der Waals surface area (Å²) in [5.41, 5.74) is -0.810. The molecule has 1 fully saturated rings. The minimum Gasteiger partial charge on any atom is -0.468 e. The molecule has 11 heteroatoms. The molecule has 4 rings (SSSR count). The van der Waals surface area contributed by atoms with E-state index in [-0.39, 0.29) is 23.8 Å². The molecule has 11 nitrogen and oxygen atoms in total. The lowest BCUT2D eigenvalue weighted by Crippen LogP contribution is -2.51. The zero-order valence-corrected chi connectivity index (χ0v) is 24.2. The number of benzene rings is 1. The number of hydrogen-bond donors (Lipinski definition) is 0. The summed E-state index contributed by atoms with van der Waals surface area (Å²) in [6.45, 7) is 5.52. The second kappa shape index (κ2) is 13.1. The molecule has 1 atom stereocenters. The Kier molecular flexibility index (Phi) is 9.52. The Morgan fingerprint density at radius 3 is 2.45 bits per heavy atom. The molecule has 1 aromatic carbocycles. The Hall–Kier alpha value is -4.38. The van der Waals surface area contributed by atoms with Crippen LogP contribution in [0.3, 0.4) is 0 Å². The Morgan fingerprint density at radius 2 is 1.86 bits per heavy atom. The van der Waals surface area contributed by atoms with Crippen molar-refractivity contribution in [3.63, 3.8) is 0 Å². The first kappa shape index (κ1) is 30.6. The highest BCUT2D eigenvalue weighted by atomic mass is 16.7. The third-order valence-corrected chi connectivity index (χ3v) is 8.05. The van der Waals surface area contributed by atoms with Crippen molar-refractivity contribution in [3.8, 4) is 0 Å². The number of pyridine rings is 1. The van der Waals surface area contributed by atoms with Gasteiger partial charge in [0.15, 0.2) is 0 Å². The Bertz CT molecular complexity index is 1370. The van der Waals surface area contributed by atoms with Gasteiger partial charge in [0, 0.05) is 25.0 Å². The van der Waals surface area contributed by atoms with Crippen molar-refractivity contribution >= 4 is 18.3 Å². The van der Waals surface area contributed by atoms with Crippen LogP contribution < -0.4 is 0 Å². The average Bonchev–Trinajstić information content (AvgIpc) is 3.00. The van der Waals surface area contributed by atoms with Gasteiger partial charge in [-0.1, -0.05) is 35.9 Å². The molecule has 0 radical (unpaired) electrons. The molecule has 2 aliphatic rings. The van der Waals surface area contributed by atoms with Gasteiger partial charge in [0.1, 0.15) is 5.70 Å². The number of aromatic nitrogens is 1. The van der Waals surface area contributed by atoms with E-state index in [9.17, 15) is 24.5 Å². The number of ether oxygens (including phenoxy) is 2. The van der Waals surface area contributed by atoms with E-state index in [1.54, 1.807) is 13.8 Å². The first-order chi connectivity index (χ1) is 20.2. The lowest BCUT2D eigenvalue weighted by atomic mass is 9.72. The molecule has 0 N–H and O–H groups in total. The van der Waals surface area contributed by atoms with Gasteiger partial charge in [0.25, 0.3) is 0 Å². The summed E-state index contributed by atoms with van der Waals surface area (Å²) >= 11 is 0. The molecule has 1 aliphatic heterocycles. The van der Waals surface area contributed by atoms with Crippen LogP contribution in [0, 0.1) is 10.1 Å². The number of carbonyl (C=O) groups excluding carboxylic acids is 3. The molecule has 0 bridgehead atoms. The van der Waals surface area contributed by atoms with Crippen molar-refractivity contribution in [1.82, 2.24) is 14.8 Å². The summed E-state index contributed by atoms with van der Waals surface area (Å²) in [4.78, 5) is 57.5. The zero-order chi connectivity index (χ0) is 30.3. The predicted molar refractivity (Wildman–Crippen MR) is 154 cm³/mol. The standard InChI is InChI=1S/C31H36N4O7/c1-23-19-24(2)27(31(20-23,35(39)40)42-28(37)25-9-7-14-32-21-25)34(22-36)16-8-15-33-17-12-30(13-18-33,29(38)41-3)26-10-5-4-6-11-26/h4-7,9-11,14,20-22H,8,12-13,15-19H2,1-3H3. The zero-order valence-electron chi connectivity index (χ0n) is 24.2. The molecule has 0 spiro atoms. The number of rotatable bonds is 11. The highest BCUT2D eigenvalue weighted by molar-refractivity contribution is 5.89. The molecule has 1 aromatic heterocycles. The number of hydrogen-bond acceptors (Lipinski definition) is 9. The van der Waals surface area contributed by atoms with Crippen LogP contribution in [0.5, 0.6) is 0 Å². The maximum atomic E-state index is 13.0. The van der Waals surface area contributed by atoms with E-state index in [1.165, 1.54) is 42.6 Å². The van der Waals surface area contributed by atoms with Gasteiger partial charge in [-0.3, -0.25) is 24.7 Å². The van der Waals surface area contributed by atoms with Crippen LogP contribution in [0.25, 0.3) is 0 Å². The van der Waals surface area contributed by atoms with Crippen molar-refractivity contribution in [3.05, 3.63) is 99.0 Å². The molecule has 42 heavy (non-hydrogen) atoms. The van der Waals surface area contributed by atoms with Crippen LogP contribution in [0.1, 0.15) is 55.5 Å². The molecule has 222 valence electrons. The lowest BCUT2D eigenvalue weighted by Gasteiger charge is -2.40. The minimum absolute atomic E-state index is 0.0396. The van der Waals surface area contributed by atoms with Crippen LogP contribution in [0.2, 0.25) is 0 Å². The number of piperidine rings is 1. The Balaban J connectivity index is 1.47. The summed E-state index contributed by atoms with van der Waals surface area (Å²) in [6.07, 6.45) is 6.70. The largest absolute Gasteiger partial charge is 0.468 e. The molecule has 1 aliphatic carbocycles. The van der Waals surface area contributed by atoms with E-state index < -0.39 is 22.0 Å². The summed E-state index contributed by atoms with van der Waals surface area (Å²) in [5, 5.41) is 12.6. The van der Waals surface area contributed by atoms with Crippen LogP contribution in [0.15, 0.2) is 77.8 Å². The van der Waals surface area contributed by atoms with Crippen molar-refractivity contribution in [2.45, 2.75) is 50.7 Å². The number of amides is 1. The normalized spacial score (nSPS) is 20.3. The Labute approximate surface area is 245 Å². The molecular formula is C31H36N4O7. The summed E-state index contributed by atoms with van der Waals surface area (Å²) in [7, 11) is 1.41. The van der Waals surface area contributed by atoms with E-state index in [4.69, 9.17) is 9.47 Å². The highest BCUT2D eigenvalue weighted by Crippen LogP contribution is 2.39. The van der Waals surface area contributed by atoms with Crippen molar-refractivity contribution in [2.24, 2.45) is 0 Å². The van der Waals surface area contributed by atoms with Crippen LogP contribution in [-0.2, 0) is 24.5 Å². The number of allylic oxidation sites excluding steroid dienone is 2. The molecule has 1 unspecified atom stereocenters. The second-order valence-corrected chi connectivity index (χ2v) is 10.8. The molecule has 2 aromatic rings. The number of likely N-dealkylation sites (tertiary alicyclic amines) is 1. The monoisotopic (exact) mass is 576 g/mol. The van der Waals surface area contributed by atoms with E-state index in [0.717, 1.165) is 5.56 Å². The summed E-state index contributed by atoms with van der Waals surface area (Å²) < 4.78 is 10.8. The van der Waals surface area contributed by atoms with Crippen molar-refractivity contribution in [1.29, 1.82) is 0 Å². The fourth-order valence-electron chi connectivity index (χ4n) is 6.05.